The van der Waals surface area contributed by atoms with E-state index in [1.807, 2.05) is 30.3 Å². The van der Waals surface area contributed by atoms with E-state index in [2.05, 4.69) is 33.7 Å². The highest BCUT2D eigenvalue weighted by atomic mass is 16.2. The number of fused-ring (bicyclic) bond motifs is 1. The van der Waals surface area contributed by atoms with Gasteiger partial charge in [-0.15, -0.1) is 0 Å². The first-order chi connectivity index (χ1) is 13.7. The molecule has 0 saturated carbocycles. The molecule has 0 spiro atoms. The van der Waals surface area contributed by atoms with Gasteiger partial charge in [0.05, 0.1) is 5.92 Å². The Morgan fingerprint density at radius 1 is 1.07 bits per heavy atom. The standard InChI is InChI=1S/C23H27N3O2/c27-22(12-11-20-19-9-2-3-10-21(19)25-23(20)28)24-16-17-7-6-8-18(15-17)26-13-4-1-5-14-26/h2-3,6-10,15,20H,1,4-5,11-14,16H2,(H,24,27)(H,25,28)/t20-/m0/s1. The first-order valence-corrected chi connectivity index (χ1v) is 10.2. The number of hydrogen-bond acceptors (Lipinski definition) is 3. The van der Waals surface area contributed by atoms with Gasteiger partial charge < -0.3 is 15.5 Å². The summed E-state index contributed by atoms with van der Waals surface area (Å²) < 4.78 is 0. The summed E-state index contributed by atoms with van der Waals surface area (Å²) in [6.07, 6.45) is 4.69. The molecule has 2 amide bonds. The first-order valence-electron chi connectivity index (χ1n) is 10.2. The quantitative estimate of drug-likeness (QED) is 0.805. The Balaban J connectivity index is 1.29. The monoisotopic (exact) mass is 377 g/mol. The summed E-state index contributed by atoms with van der Waals surface area (Å²) in [5.41, 5.74) is 4.22. The Bertz CT molecular complexity index is 858. The summed E-state index contributed by atoms with van der Waals surface area (Å²) in [4.78, 5) is 26.9. The van der Waals surface area contributed by atoms with E-state index in [9.17, 15) is 9.59 Å². The second-order valence-electron chi connectivity index (χ2n) is 7.66. The molecular formula is C23H27N3O2. The summed E-state index contributed by atoms with van der Waals surface area (Å²) in [5.74, 6) is -0.256. The average molecular weight is 377 g/mol. The van der Waals surface area contributed by atoms with E-state index in [0.717, 1.165) is 29.9 Å². The van der Waals surface area contributed by atoms with Crippen molar-refractivity contribution in [2.75, 3.05) is 23.3 Å². The molecule has 5 nitrogen and oxygen atoms in total. The smallest absolute Gasteiger partial charge is 0.232 e. The van der Waals surface area contributed by atoms with Crippen molar-refractivity contribution in [2.24, 2.45) is 0 Å². The number of piperidine rings is 1. The van der Waals surface area contributed by atoms with Gasteiger partial charge in [-0.1, -0.05) is 30.3 Å². The van der Waals surface area contributed by atoms with Crippen LogP contribution in [0, 0.1) is 0 Å². The summed E-state index contributed by atoms with van der Waals surface area (Å²) in [6.45, 7) is 2.75. The van der Waals surface area contributed by atoms with Gasteiger partial charge in [0, 0.05) is 37.4 Å². The molecule has 1 fully saturated rings. The lowest BCUT2D eigenvalue weighted by atomic mass is 9.95. The van der Waals surface area contributed by atoms with Crippen LogP contribution in [0.3, 0.4) is 0 Å². The molecule has 2 heterocycles. The van der Waals surface area contributed by atoms with Crippen molar-refractivity contribution in [3.63, 3.8) is 0 Å². The van der Waals surface area contributed by atoms with Crippen molar-refractivity contribution in [3.05, 3.63) is 59.7 Å². The van der Waals surface area contributed by atoms with Crippen LogP contribution < -0.4 is 15.5 Å². The van der Waals surface area contributed by atoms with Crippen LogP contribution in [0.25, 0.3) is 0 Å². The van der Waals surface area contributed by atoms with E-state index in [0.29, 0.717) is 19.4 Å². The molecular weight excluding hydrogens is 350 g/mol. The Morgan fingerprint density at radius 3 is 2.75 bits per heavy atom. The molecule has 146 valence electrons. The highest BCUT2D eigenvalue weighted by Gasteiger charge is 2.30. The second-order valence-corrected chi connectivity index (χ2v) is 7.66. The fourth-order valence-corrected chi connectivity index (χ4v) is 4.14. The number of nitrogens with zero attached hydrogens (tertiary/aromatic N) is 1. The fraction of sp³-hybridized carbons (Fsp3) is 0.391. The van der Waals surface area contributed by atoms with Crippen LogP contribution in [0.5, 0.6) is 0 Å². The molecule has 28 heavy (non-hydrogen) atoms. The Kier molecular flexibility index (Phi) is 5.60. The predicted molar refractivity (Wildman–Crippen MR) is 111 cm³/mol. The van der Waals surface area contributed by atoms with E-state index in [1.165, 1.54) is 24.9 Å². The zero-order chi connectivity index (χ0) is 19.3. The SMILES string of the molecule is O=C(CC[C@@H]1C(=O)Nc2ccccc21)NCc1cccc(N2CCCCC2)c1. The maximum atomic E-state index is 12.3. The number of nitrogens with one attached hydrogen (secondary N) is 2. The summed E-state index contributed by atoms with van der Waals surface area (Å²) >= 11 is 0. The number of anilines is 2. The van der Waals surface area contributed by atoms with Crippen LogP contribution in [-0.4, -0.2) is 24.9 Å². The Morgan fingerprint density at radius 2 is 1.89 bits per heavy atom. The molecule has 2 aromatic rings. The molecule has 0 aliphatic carbocycles. The Labute approximate surface area is 166 Å². The normalized spacial score (nSPS) is 18.5. The third-order valence-corrected chi connectivity index (χ3v) is 5.69. The van der Waals surface area contributed by atoms with E-state index < -0.39 is 0 Å². The summed E-state index contributed by atoms with van der Waals surface area (Å²) in [7, 11) is 0. The molecule has 0 bridgehead atoms. The lowest BCUT2D eigenvalue weighted by Crippen LogP contribution is -2.29. The van der Waals surface area contributed by atoms with Crippen molar-refractivity contribution < 1.29 is 9.59 Å². The maximum absolute atomic E-state index is 12.3. The van der Waals surface area contributed by atoms with E-state index in [-0.39, 0.29) is 17.7 Å². The van der Waals surface area contributed by atoms with Crippen molar-refractivity contribution in [1.29, 1.82) is 0 Å². The van der Waals surface area contributed by atoms with Crippen molar-refractivity contribution in [2.45, 2.75) is 44.6 Å². The molecule has 2 aliphatic rings. The van der Waals surface area contributed by atoms with E-state index in [4.69, 9.17) is 0 Å². The summed E-state index contributed by atoms with van der Waals surface area (Å²) in [5, 5.41) is 5.89. The van der Waals surface area contributed by atoms with Gasteiger partial charge >= 0.3 is 0 Å². The zero-order valence-electron chi connectivity index (χ0n) is 16.1. The third kappa shape index (κ3) is 4.19. The lowest BCUT2D eigenvalue weighted by molar-refractivity contribution is -0.121. The number of amides is 2. The van der Waals surface area contributed by atoms with Gasteiger partial charge in [0.1, 0.15) is 0 Å². The fourth-order valence-electron chi connectivity index (χ4n) is 4.14. The minimum atomic E-state index is -0.232. The average Bonchev–Trinajstić information content (AvgIpc) is 3.06. The van der Waals surface area contributed by atoms with E-state index >= 15 is 0 Å². The second kappa shape index (κ2) is 8.46. The molecule has 0 unspecified atom stereocenters. The largest absolute Gasteiger partial charge is 0.372 e. The van der Waals surface area contributed by atoms with Crippen LogP contribution in [0.15, 0.2) is 48.5 Å². The van der Waals surface area contributed by atoms with Gasteiger partial charge in [0.2, 0.25) is 11.8 Å². The Hall–Kier alpha value is -2.82. The minimum absolute atomic E-state index is 0.0109. The van der Waals surface area contributed by atoms with Crippen molar-refractivity contribution >= 4 is 23.2 Å². The molecule has 4 rings (SSSR count). The van der Waals surface area contributed by atoms with Crippen LogP contribution in [0.1, 0.15) is 49.1 Å². The summed E-state index contributed by atoms with van der Waals surface area (Å²) in [6, 6.07) is 16.1. The van der Waals surface area contributed by atoms with Crippen LogP contribution in [0.4, 0.5) is 11.4 Å². The molecule has 5 heteroatoms. The van der Waals surface area contributed by atoms with Crippen molar-refractivity contribution in [3.8, 4) is 0 Å². The molecule has 0 aromatic heterocycles. The van der Waals surface area contributed by atoms with Crippen LogP contribution >= 0.6 is 0 Å². The number of carbonyl (C=O) groups excluding carboxylic acids is 2. The molecule has 2 N–H and O–H groups in total. The molecule has 2 aliphatic heterocycles. The van der Waals surface area contributed by atoms with Crippen molar-refractivity contribution in [1.82, 2.24) is 5.32 Å². The van der Waals surface area contributed by atoms with Gasteiger partial charge in [-0.2, -0.15) is 0 Å². The molecule has 2 aromatic carbocycles. The molecule has 0 radical (unpaired) electrons. The number of para-hydroxylation sites is 1. The molecule has 1 atom stereocenters. The zero-order valence-corrected chi connectivity index (χ0v) is 16.1. The van der Waals surface area contributed by atoms with Gasteiger partial charge in [-0.25, -0.2) is 0 Å². The third-order valence-electron chi connectivity index (χ3n) is 5.69. The predicted octanol–water partition coefficient (Wildman–Crippen LogP) is 3.81. The van der Waals surface area contributed by atoms with Gasteiger partial charge in [-0.05, 0) is 55.0 Å². The lowest BCUT2D eigenvalue weighted by Gasteiger charge is -2.29. The highest BCUT2D eigenvalue weighted by molar-refractivity contribution is 6.03. The van der Waals surface area contributed by atoms with Crippen LogP contribution in [-0.2, 0) is 16.1 Å². The number of benzene rings is 2. The van der Waals surface area contributed by atoms with E-state index in [1.54, 1.807) is 0 Å². The van der Waals surface area contributed by atoms with Crippen LogP contribution in [0.2, 0.25) is 0 Å². The number of carbonyl (C=O) groups is 2. The number of hydrogen-bond donors (Lipinski definition) is 2. The van der Waals surface area contributed by atoms with Gasteiger partial charge in [0.15, 0.2) is 0 Å². The first kappa shape index (κ1) is 18.5. The minimum Gasteiger partial charge on any atom is -0.372 e. The van der Waals surface area contributed by atoms with Gasteiger partial charge in [-0.3, -0.25) is 9.59 Å². The van der Waals surface area contributed by atoms with Gasteiger partial charge in [0.25, 0.3) is 0 Å². The number of rotatable bonds is 6. The molecule has 1 saturated heterocycles. The highest BCUT2D eigenvalue weighted by Crippen LogP contribution is 2.34. The topological polar surface area (TPSA) is 61.4 Å². The maximum Gasteiger partial charge on any atom is 0.232 e.